The number of hydrogen-bond acceptors (Lipinski definition) is 4. The number of halogens is 1. The Hall–Kier alpha value is -1.40. The maximum Gasteiger partial charge on any atom is 0.159 e. The van der Waals surface area contributed by atoms with Crippen molar-refractivity contribution in [1.82, 2.24) is 24.3 Å². The molecule has 7 heteroatoms. The predicted molar refractivity (Wildman–Crippen MR) is 81.3 cm³/mol. The van der Waals surface area contributed by atoms with Crippen LogP contribution in [0.25, 0.3) is 11.2 Å². The SMILES string of the molecule is Cc1nn(C)c2c1nc(CCl)n2C(C)(C)c1nccs1. The first-order valence-corrected chi connectivity index (χ1v) is 7.75. The first kappa shape index (κ1) is 13.6. The monoisotopic (exact) mass is 309 g/mol. The van der Waals surface area contributed by atoms with Crippen LogP contribution in [0.4, 0.5) is 0 Å². The molecule has 0 aromatic carbocycles. The van der Waals surface area contributed by atoms with Gasteiger partial charge in [-0.25, -0.2) is 9.97 Å². The van der Waals surface area contributed by atoms with Crippen molar-refractivity contribution < 1.29 is 0 Å². The fourth-order valence-electron chi connectivity index (χ4n) is 2.62. The average molecular weight is 310 g/mol. The largest absolute Gasteiger partial charge is 0.300 e. The fraction of sp³-hybridized carbons (Fsp3) is 0.462. The van der Waals surface area contributed by atoms with Crippen LogP contribution in [0.2, 0.25) is 0 Å². The second-order valence-electron chi connectivity index (χ2n) is 5.27. The molecule has 3 rings (SSSR count). The van der Waals surface area contributed by atoms with Gasteiger partial charge in [-0.3, -0.25) is 9.25 Å². The number of fused-ring (bicyclic) bond motifs is 1. The molecule has 0 N–H and O–H groups in total. The van der Waals surface area contributed by atoms with Crippen LogP contribution in [-0.2, 0) is 18.5 Å². The number of thiazole rings is 1. The van der Waals surface area contributed by atoms with E-state index in [9.17, 15) is 0 Å². The van der Waals surface area contributed by atoms with Gasteiger partial charge in [0, 0.05) is 18.6 Å². The van der Waals surface area contributed by atoms with E-state index in [2.05, 4.69) is 33.5 Å². The van der Waals surface area contributed by atoms with Crippen molar-refractivity contribution in [3.8, 4) is 0 Å². The van der Waals surface area contributed by atoms with Crippen molar-refractivity contribution in [2.75, 3.05) is 0 Å². The predicted octanol–water partition coefficient (Wildman–Crippen LogP) is 3.06. The molecule has 0 atom stereocenters. The fourth-order valence-corrected chi connectivity index (χ4v) is 3.55. The van der Waals surface area contributed by atoms with Gasteiger partial charge in [-0.05, 0) is 20.8 Å². The molecule has 106 valence electrons. The van der Waals surface area contributed by atoms with Gasteiger partial charge in [0.15, 0.2) is 5.65 Å². The lowest BCUT2D eigenvalue weighted by Crippen LogP contribution is -2.30. The Labute approximate surface area is 126 Å². The van der Waals surface area contributed by atoms with Gasteiger partial charge in [0.05, 0.1) is 17.1 Å². The van der Waals surface area contributed by atoms with E-state index in [0.29, 0.717) is 5.88 Å². The maximum atomic E-state index is 6.10. The van der Waals surface area contributed by atoms with E-state index in [1.165, 1.54) is 0 Å². The van der Waals surface area contributed by atoms with Crippen LogP contribution in [-0.4, -0.2) is 24.3 Å². The molecule has 3 aromatic heterocycles. The van der Waals surface area contributed by atoms with Crippen LogP contribution in [0.15, 0.2) is 11.6 Å². The van der Waals surface area contributed by atoms with Crippen molar-refractivity contribution >= 4 is 34.1 Å². The van der Waals surface area contributed by atoms with Gasteiger partial charge >= 0.3 is 0 Å². The Morgan fingerprint density at radius 1 is 1.40 bits per heavy atom. The molecule has 0 aliphatic carbocycles. The molecule has 0 radical (unpaired) electrons. The lowest BCUT2D eigenvalue weighted by atomic mass is 10.1. The van der Waals surface area contributed by atoms with Crippen LogP contribution in [0.5, 0.6) is 0 Å². The molecule has 3 heterocycles. The third-order valence-electron chi connectivity index (χ3n) is 3.51. The summed E-state index contributed by atoms with van der Waals surface area (Å²) in [6.45, 7) is 6.23. The molecule has 0 aliphatic heterocycles. The van der Waals surface area contributed by atoms with Crippen molar-refractivity contribution in [3.05, 3.63) is 28.1 Å². The Balaban J connectivity index is 2.34. The number of aromatic nitrogens is 5. The standard InChI is InChI=1S/C13H16ClN5S/c1-8-10-11(18(4)17-8)19(9(7-14)16-10)13(2,3)12-15-5-6-20-12/h5-6H,7H2,1-4H3. The van der Waals surface area contributed by atoms with Crippen LogP contribution in [0, 0.1) is 6.92 Å². The number of rotatable bonds is 3. The maximum absolute atomic E-state index is 6.10. The van der Waals surface area contributed by atoms with Gasteiger partial charge in [-0.1, -0.05) is 0 Å². The summed E-state index contributed by atoms with van der Waals surface area (Å²) in [5.41, 5.74) is 2.50. The Morgan fingerprint density at radius 3 is 2.75 bits per heavy atom. The van der Waals surface area contributed by atoms with Crippen molar-refractivity contribution in [2.45, 2.75) is 32.2 Å². The molecule has 0 saturated heterocycles. The summed E-state index contributed by atoms with van der Waals surface area (Å²) in [5.74, 6) is 1.21. The quantitative estimate of drug-likeness (QED) is 0.699. The Bertz CT molecular complexity index is 754. The van der Waals surface area contributed by atoms with Crippen molar-refractivity contribution in [3.63, 3.8) is 0 Å². The molecule has 0 spiro atoms. The minimum atomic E-state index is -0.312. The van der Waals surface area contributed by atoms with E-state index >= 15 is 0 Å². The highest BCUT2D eigenvalue weighted by molar-refractivity contribution is 7.09. The summed E-state index contributed by atoms with van der Waals surface area (Å²) < 4.78 is 4.01. The van der Waals surface area contributed by atoms with Crippen LogP contribution >= 0.6 is 22.9 Å². The number of hydrogen-bond donors (Lipinski definition) is 0. The van der Waals surface area contributed by atoms with Crippen LogP contribution in [0.1, 0.15) is 30.4 Å². The molecular formula is C13H16ClN5S. The topological polar surface area (TPSA) is 48.5 Å². The highest BCUT2D eigenvalue weighted by Crippen LogP contribution is 2.33. The number of alkyl halides is 1. The first-order chi connectivity index (χ1) is 9.46. The van der Waals surface area contributed by atoms with Crippen molar-refractivity contribution in [2.24, 2.45) is 7.05 Å². The molecular weight excluding hydrogens is 294 g/mol. The lowest BCUT2D eigenvalue weighted by Gasteiger charge is -2.26. The zero-order chi connectivity index (χ0) is 14.5. The summed E-state index contributed by atoms with van der Waals surface area (Å²) >= 11 is 7.74. The molecule has 0 amide bonds. The zero-order valence-corrected chi connectivity index (χ0v) is 13.5. The second kappa shape index (κ2) is 4.56. The molecule has 0 saturated carbocycles. The van der Waals surface area contributed by atoms with E-state index in [0.717, 1.165) is 27.7 Å². The summed E-state index contributed by atoms with van der Waals surface area (Å²) in [6.07, 6.45) is 1.82. The van der Waals surface area contributed by atoms with E-state index < -0.39 is 0 Å². The molecule has 0 bridgehead atoms. The number of aryl methyl sites for hydroxylation is 2. The number of imidazole rings is 1. The normalized spacial score (nSPS) is 12.4. The van der Waals surface area contributed by atoms with Crippen LogP contribution < -0.4 is 0 Å². The van der Waals surface area contributed by atoms with Gasteiger partial charge in [0.25, 0.3) is 0 Å². The molecule has 0 fully saturated rings. The van der Waals surface area contributed by atoms with E-state index in [4.69, 9.17) is 11.6 Å². The molecule has 5 nitrogen and oxygen atoms in total. The smallest absolute Gasteiger partial charge is 0.159 e. The third-order valence-corrected chi connectivity index (χ3v) is 4.83. The summed E-state index contributed by atoms with van der Waals surface area (Å²) in [5, 5.41) is 7.47. The molecule has 3 aromatic rings. The number of nitrogens with zero attached hydrogens (tertiary/aromatic N) is 5. The Morgan fingerprint density at radius 2 is 2.15 bits per heavy atom. The van der Waals surface area contributed by atoms with Gasteiger partial charge < -0.3 is 0 Å². The highest BCUT2D eigenvalue weighted by atomic mass is 35.5. The zero-order valence-electron chi connectivity index (χ0n) is 11.9. The summed E-state index contributed by atoms with van der Waals surface area (Å²) in [6, 6.07) is 0. The molecule has 0 aliphatic rings. The minimum Gasteiger partial charge on any atom is -0.300 e. The van der Waals surface area contributed by atoms with Gasteiger partial charge in [0.1, 0.15) is 16.3 Å². The first-order valence-electron chi connectivity index (χ1n) is 6.34. The van der Waals surface area contributed by atoms with Crippen LogP contribution in [0.3, 0.4) is 0 Å². The average Bonchev–Trinajstić information content (AvgIpc) is 3.09. The molecule has 0 unspecified atom stereocenters. The lowest BCUT2D eigenvalue weighted by molar-refractivity contribution is 0.427. The van der Waals surface area contributed by atoms with Gasteiger partial charge in [0.2, 0.25) is 0 Å². The van der Waals surface area contributed by atoms with E-state index in [1.807, 2.05) is 30.2 Å². The second-order valence-corrected chi connectivity index (χ2v) is 6.44. The van der Waals surface area contributed by atoms with E-state index in [-0.39, 0.29) is 5.54 Å². The summed E-state index contributed by atoms with van der Waals surface area (Å²) in [7, 11) is 1.93. The van der Waals surface area contributed by atoms with Gasteiger partial charge in [-0.2, -0.15) is 5.10 Å². The minimum absolute atomic E-state index is 0.312. The third kappa shape index (κ3) is 1.78. The Kier molecular flexibility index (Phi) is 3.10. The molecule has 20 heavy (non-hydrogen) atoms. The highest BCUT2D eigenvalue weighted by Gasteiger charge is 2.32. The van der Waals surface area contributed by atoms with E-state index in [1.54, 1.807) is 11.3 Å². The van der Waals surface area contributed by atoms with Crippen molar-refractivity contribution in [1.29, 1.82) is 0 Å². The van der Waals surface area contributed by atoms with Gasteiger partial charge in [-0.15, -0.1) is 22.9 Å². The summed E-state index contributed by atoms with van der Waals surface area (Å²) in [4.78, 5) is 9.11.